The zero-order chi connectivity index (χ0) is 32.7. The van der Waals surface area contributed by atoms with Gasteiger partial charge in [-0.25, -0.2) is 0 Å². The van der Waals surface area contributed by atoms with Crippen molar-refractivity contribution in [2.75, 3.05) is 0 Å². The van der Waals surface area contributed by atoms with Gasteiger partial charge in [-0.1, -0.05) is 159 Å². The minimum absolute atomic E-state index is 0.0357. The molecule has 0 aromatic heterocycles. The number of carbonyl (C=O) groups excluding carboxylic acids is 1. The van der Waals surface area contributed by atoms with Crippen LogP contribution in [-0.4, -0.2) is 12.1 Å². The molecule has 0 rings (SSSR count). The van der Waals surface area contributed by atoms with E-state index in [1.165, 1.54) is 141 Å². The van der Waals surface area contributed by atoms with Crippen LogP contribution in [0.1, 0.15) is 213 Å². The molecule has 0 aliphatic rings. The van der Waals surface area contributed by atoms with Crippen molar-refractivity contribution in [1.82, 2.24) is 0 Å². The van der Waals surface area contributed by atoms with Crippen LogP contribution in [0.2, 0.25) is 0 Å². The monoisotopic (exact) mass is 627 g/mol. The highest BCUT2D eigenvalue weighted by Crippen LogP contribution is 2.18. The fourth-order valence-corrected chi connectivity index (χ4v) is 5.75. The van der Waals surface area contributed by atoms with E-state index in [-0.39, 0.29) is 12.1 Å². The quantitative estimate of drug-likeness (QED) is 0.0397. The third-order valence-corrected chi connectivity index (χ3v) is 8.74. The molecule has 0 N–H and O–H groups in total. The minimum Gasteiger partial charge on any atom is -0.462 e. The molecule has 0 bridgehead atoms. The van der Waals surface area contributed by atoms with E-state index in [0.29, 0.717) is 6.42 Å². The molecule has 0 saturated carbocycles. The Morgan fingerprint density at radius 3 is 1.16 bits per heavy atom. The summed E-state index contributed by atoms with van der Waals surface area (Å²) in [7, 11) is 0. The normalized spacial score (nSPS) is 12.3. The van der Waals surface area contributed by atoms with Crippen molar-refractivity contribution >= 4 is 5.97 Å². The van der Waals surface area contributed by atoms with Gasteiger partial charge in [0.05, 0.1) is 0 Å². The van der Waals surface area contributed by atoms with Crippen LogP contribution in [0.4, 0.5) is 0 Å². The summed E-state index contributed by atoms with van der Waals surface area (Å²) < 4.78 is 5.98. The van der Waals surface area contributed by atoms with Gasteiger partial charge in [-0.3, -0.25) is 4.79 Å². The zero-order valence-electron chi connectivity index (χ0n) is 30.7. The second-order valence-electron chi connectivity index (χ2n) is 13.3. The van der Waals surface area contributed by atoms with Gasteiger partial charge in [-0.2, -0.15) is 0 Å². The predicted octanol–water partition coefficient (Wildman–Crippen LogP) is 14.9. The first-order valence-electron chi connectivity index (χ1n) is 20.0. The molecule has 0 amide bonds. The lowest BCUT2D eigenvalue weighted by Crippen LogP contribution is -2.18. The van der Waals surface area contributed by atoms with E-state index in [2.05, 4.69) is 69.4 Å². The van der Waals surface area contributed by atoms with Crippen LogP contribution in [-0.2, 0) is 9.53 Å². The smallest absolute Gasteiger partial charge is 0.306 e. The second kappa shape index (κ2) is 38.6. The summed E-state index contributed by atoms with van der Waals surface area (Å²) in [6.07, 6.45) is 55.3. The van der Waals surface area contributed by atoms with Gasteiger partial charge in [0.2, 0.25) is 0 Å². The fourth-order valence-electron chi connectivity index (χ4n) is 5.75. The van der Waals surface area contributed by atoms with Gasteiger partial charge < -0.3 is 4.74 Å². The highest BCUT2D eigenvalue weighted by atomic mass is 16.5. The topological polar surface area (TPSA) is 26.3 Å². The highest BCUT2D eigenvalue weighted by Gasteiger charge is 2.14. The molecule has 0 aliphatic heterocycles. The fraction of sp³-hybridized carbons (Fsp3) is 0.791. The summed E-state index contributed by atoms with van der Waals surface area (Å²) >= 11 is 0. The number of esters is 1. The van der Waals surface area contributed by atoms with Gasteiger partial charge in [0.15, 0.2) is 0 Å². The maximum atomic E-state index is 12.4. The summed E-state index contributed by atoms with van der Waals surface area (Å²) in [4.78, 5) is 12.4. The van der Waals surface area contributed by atoms with E-state index in [4.69, 9.17) is 4.74 Å². The molecule has 0 aromatic carbocycles. The number of hydrogen-bond donors (Lipinski definition) is 0. The van der Waals surface area contributed by atoms with Crippen LogP contribution in [0, 0.1) is 0 Å². The lowest BCUT2D eigenvalue weighted by atomic mass is 10.0. The Bertz CT molecular complexity index is 653. The number of rotatable bonds is 35. The van der Waals surface area contributed by atoms with Crippen molar-refractivity contribution in [3.05, 3.63) is 48.6 Å². The lowest BCUT2D eigenvalue weighted by Gasteiger charge is -2.18. The van der Waals surface area contributed by atoms with Crippen LogP contribution in [0.15, 0.2) is 48.6 Å². The Morgan fingerprint density at radius 2 is 0.756 bits per heavy atom. The highest BCUT2D eigenvalue weighted by molar-refractivity contribution is 5.69. The number of ether oxygens (including phenoxy) is 1. The van der Waals surface area contributed by atoms with Crippen LogP contribution < -0.4 is 0 Å². The second-order valence-corrected chi connectivity index (χ2v) is 13.3. The molecule has 0 atom stereocenters. The summed E-state index contributed by atoms with van der Waals surface area (Å²) in [6, 6.07) is 0. The lowest BCUT2D eigenvalue weighted by molar-refractivity contribution is -0.150. The van der Waals surface area contributed by atoms with Crippen molar-refractivity contribution < 1.29 is 9.53 Å². The molecule has 0 unspecified atom stereocenters. The van der Waals surface area contributed by atoms with Gasteiger partial charge in [-0.05, 0) is 96.3 Å². The third-order valence-electron chi connectivity index (χ3n) is 8.74. The molecular formula is C43H78O2. The van der Waals surface area contributed by atoms with E-state index < -0.39 is 0 Å². The van der Waals surface area contributed by atoms with Gasteiger partial charge >= 0.3 is 5.97 Å². The van der Waals surface area contributed by atoms with Gasteiger partial charge in [0.1, 0.15) is 6.10 Å². The predicted molar refractivity (Wildman–Crippen MR) is 202 cm³/mol. The maximum Gasteiger partial charge on any atom is 0.306 e. The van der Waals surface area contributed by atoms with Gasteiger partial charge in [0, 0.05) is 6.42 Å². The standard InChI is InChI=1S/C43H78O2/c1-4-7-10-12-14-16-18-20-22-24-26-28-30-32-34-37-39-42(45-43(44)41-36-9-6-3)40-38-35-33-31-29-27-25-23-21-19-17-15-13-11-8-5-2/h14-17,20-23,42H,4-13,18-19,24-41H2,1-3H3/b16-14-,17-15-,22-20-,23-21-. The van der Waals surface area contributed by atoms with E-state index in [9.17, 15) is 4.79 Å². The van der Waals surface area contributed by atoms with E-state index in [0.717, 1.165) is 44.9 Å². The van der Waals surface area contributed by atoms with Crippen molar-refractivity contribution in [1.29, 1.82) is 0 Å². The molecule has 0 spiro atoms. The van der Waals surface area contributed by atoms with Gasteiger partial charge in [-0.15, -0.1) is 0 Å². The molecule has 0 saturated heterocycles. The van der Waals surface area contributed by atoms with E-state index in [1.54, 1.807) is 0 Å². The first-order valence-corrected chi connectivity index (χ1v) is 20.0. The molecule has 0 radical (unpaired) electrons. The molecule has 2 nitrogen and oxygen atoms in total. The number of carbonyl (C=O) groups is 1. The minimum atomic E-state index is 0.0357. The van der Waals surface area contributed by atoms with Crippen LogP contribution >= 0.6 is 0 Å². The Morgan fingerprint density at radius 1 is 0.422 bits per heavy atom. The number of unbranched alkanes of at least 4 members (excludes halogenated alkanes) is 20. The Balaban J connectivity index is 3.95. The van der Waals surface area contributed by atoms with E-state index >= 15 is 0 Å². The molecule has 2 heteroatoms. The summed E-state index contributed by atoms with van der Waals surface area (Å²) in [5.41, 5.74) is 0. The molecule has 45 heavy (non-hydrogen) atoms. The average Bonchev–Trinajstić information content (AvgIpc) is 3.04. The Kier molecular flexibility index (Phi) is 37.3. The van der Waals surface area contributed by atoms with Gasteiger partial charge in [0.25, 0.3) is 0 Å². The molecule has 0 aliphatic carbocycles. The molecule has 0 fully saturated rings. The van der Waals surface area contributed by atoms with E-state index in [1.807, 2.05) is 0 Å². The van der Waals surface area contributed by atoms with Crippen molar-refractivity contribution in [3.8, 4) is 0 Å². The summed E-state index contributed by atoms with van der Waals surface area (Å²) in [5, 5.41) is 0. The third kappa shape index (κ3) is 36.8. The first-order chi connectivity index (χ1) is 22.2. The number of hydrogen-bond acceptors (Lipinski definition) is 2. The molecule has 0 aromatic rings. The van der Waals surface area contributed by atoms with Crippen molar-refractivity contribution in [2.45, 2.75) is 219 Å². The van der Waals surface area contributed by atoms with Crippen LogP contribution in [0.3, 0.4) is 0 Å². The molecule has 262 valence electrons. The number of allylic oxidation sites excluding steroid dienone is 8. The van der Waals surface area contributed by atoms with Crippen LogP contribution in [0.25, 0.3) is 0 Å². The summed E-state index contributed by atoms with van der Waals surface area (Å²) in [5.74, 6) is 0.0357. The summed E-state index contributed by atoms with van der Waals surface area (Å²) in [6.45, 7) is 6.71. The largest absolute Gasteiger partial charge is 0.462 e. The zero-order valence-corrected chi connectivity index (χ0v) is 30.7. The SMILES string of the molecule is CCCCC/C=C\C/C=C\CCCCCCCCC(CCCCCCCC/C=C\C/C=C\CCCCC)OC(=O)CCCCC. The molecular weight excluding hydrogens is 548 g/mol. The average molecular weight is 627 g/mol. The Hall–Kier alpha value is -1.57. The van der Waals surface area contributed by atoms with Crippen LogP contribution in [0.5, 0.6) is 0 Å². The van der Waals surface area contributed by atoms with Crippen molar-refractivity contribution in [2.24, 2.45) is 0 Å². The maximum absolute atomic E-state index is 12.4. The first kappa shape index (κ1) is 43.4. The van der Waals surface area contributed by atoms with Crippen molar-refractivity contribution in [3.63, 3.8) is 0 Å². The molecule has 0 heterocycles. The Labute approximate surface area is 283 Å².